The number of benzene rings is 2. The molecule has 1 fully saturated rings. The van der Waals surface area contributed by atoms with Gasteiger partial charge in [0, 0.05) is 12.1 Å². The maximum atomic E-state index is 14.3. The second-order valence-corrected chi connectivity index (χ2v) is 10.0. The standard InChI is InChI=1S/C28H33N5O6S/c1-4-39-18-11-9-16(10-12-18)24(27(35)31-17-7-5-6-8-17)33(20-14-13-19(37-2)15-21(20)38-3)28(36)25-22(29)23(26(30)34)32-40-25/h9-15,17,24H,4-8,29H2,1-3H3,(H2,30,34)(H,31,35)/t24-/m0/s1. The summed E-state index contributed by atoms with van der Waals surface area (Å²) in [7, 11) is 2.97. The number of methoxy groups -OCH3 is 2. The van der Waals surface area contributed by atoms with Crippen LogP contribution >= 0.6 is 11.5 Å². The maximum Gasteiger partial charge on any atom is 0.273 e. The highest BCUT2D eigenvalue weighted by Crippen LogP contribution is 2.40. The van der Waals surface area contributed by atoms with Gasteiger partial charge in [0.05, 0.1) is 32.2 Å². The van der Waals surface area contributed by atoms with Gasteiger partial charge < -0.3 is 31.0 Å². The molecule has 212 valence electrons. The Morgan fingerprint density at radius 3 is 2.33 bits per heavy atom. The zero-order valence-electron chi connectivity index (χ0n) is 22.6. The van der Waals surface area contributed by atoms with Crippen molar-refractivity contribution in [1.82, 2.24) is 9.69 Å². The summed E-state index contributed by atoms with van der Waals surface area (Å²) in [5.74, 6) is -0.473. The molecular weight excluding hydrogens is 534 g/mol. The number of aromatic nitrogens is 1. The van der Waals surface area contributed by atoms with E-state index in [9.17, 15) is 14.4 Å². The SMILES string of the molecule is CCOc1ccc([C@@H](C(=O)NC2CCCC2)N(C(=O)c2snc(C(N)=O)c2N)c2ccc(OC)cc2OC)cc1. The summed E-state index contributed by atoms with van der Waals surface area (Å²) in [6.07, 6.45) is 3.73. The van der Waals surface area contributed by atoms with Crippen LogP contribution in [0.1, 0.15) is 64.4 Å². The highest BCUT2D eigenvalue weighted by atomic mass is 32.1. The molecule has 0 saturated heterocycles. The van der Waals surface area contributed by atoms with Gasteiger partial charge in [-0.15, -0.1) is 0 Å². The Labute approximate surface area is 236 Å². The first-order valence-electron chi connectivity index (χ1n) is 12.9. The van der Waals surface area contributed by atoms with Gasteiger partial charge in [0.15, 0.2) is 5.69 Å². The highest BCUT2D eigenvalue weighted by molar-refractivity contribution is 7.09. The number of carbonyl (C=O) groups is 3. The molecule has 1 aromatic heterocycles. The first-order chi connectivity index (χ1) is 19.3. The van der Waals surface area contributed by atoms with Gasteiger partial charge in [-0.05, 0) is 61.1 Å². The van der Waals surface area contributed by atoms with Gasteiger partial charge in [-0.2, -0.15) is 4.37 Å². The molecule has 0 spiro atoms. The van der Waals surface area contributed by atoms with Crippen molar-refractivity contribution in [2.24, 2.45) is 5.73 Å². The van der Waals surface area contributed by atoms with Gasteiger partial charge >= 0.3 is 0 Å². The van der Waals surface area contributed by atoms with Gasteiger partial charge in [-0.25, -0.2) is 0 Å². The van der Waals surface area contributed by atoms with Gasteiger partial charge in [0.1, 0.15) is 28.2 Å². The number of hydrogen-bond donors (Lipinski definition) is 3. The molecule has 1 aliphatic carbocycles. The zero-order chi connectivity index (χ0) is 28.8. The molecular formula is C28H33N5O6S. The lowest BCUT2D eigenvalue weighted by atomic mass is 10.0. The molecule has 1 saturated carbocycles. The molecule has 0 unspecified atom stereocenters. The summed E-state index contributed by atoms with van der Waals surface area (Å²) in [4.78, 5) is 41.5. The van der Waals surface area contributed by atoms with E-state index in [4.69, 9.17) is 25.7 Å². The first-order valence-corrected chi connectivity index (χ1v) is 13.7. The van der Waals surface area contributed by atoms with E-state index in [0.29, 0.717) is 29.4 Å². The van der Waals surface area contributed by atoms with Crippen LogP contribution < -0.4 is 35.9 Å². The van der Waals surface area contributed by atoms with Crippen molar-refractivity contribution in [3.05, 3.63) is 58.6 Å². The van der Waals surface area contributed by atoms with Crippen molar-refractivity contribution >= 4 is 40.6 Å². The van der Waals surface area contributed by atoms with Gasteiger partial charge in [-0.1, -0.05) is 25.0 Å². The van der Waals surface area contributed by atoms with Crippen LogP contribution in [0.5, 0.6) is 17.2 Å². The van der Waals surface area contributed by atoms with E-state index in [1.54, 1.807) is 42.5 Å². The lowest BCUT2D eigenvalue weighted by molar-refractivity contribution is -0.123. The number of rotatable bonds is 11. The normalized spacial score (nSPS) is 13.9. The summed E-state index contributed by atoms with van der Waals surface area (Å²) in [6.45, 7) is 2.35. The van der Waals surface area contributed by atoms with Crippen LogP contribution in [0.4, 0.5) is 11.4 Å². The van der Waals surface area contributed by atoms with Crippen LogP contribution in [-0.2, 0) is 4.79 Å². The summed E-state index contributed by atoms with van der Waals surface area (Å²) >= 11 is 0.739. The number of carbonyl (C=O) groups excluding carboxylic acids is 3. The molecule has 12 heteroatoms. The third-order valence-electron chi connectivity index (χ3n) is 6.74. The topological polar surface area (TPSA) is 159 Å². The lowest BCUT2D eigenvalue weighted by Gasteiger charge is -2.33. The Kier molecular flexibility index (Phi) is 9.10. The molecule has 3 aromatic rings. The van der Waals surface area contributed by atoms with E-state index < -0.39 is 17.9 Å². The number of nitrogens with zero attached hydrogens (tertiary/aromatic N) is 2. The molecule has 0 bridgehead atoms. The summed E-state index contributed by atoms with van der Waals surface area (Å²) in [5, 5.41) is 3.12. The molecule has 3 amide bonds. The Bertz CT molecular complexity index is 1370. The van der Waals surface area contributed by atoms with Crippen molar-refractivity contribution in [3.8, 4) is 17.2 Å². The fourth-order valence-electron chi connectivity index (χ4n) is 4.77. The Morgan fingerprint density at radius 2 is 1.75 bits per heavy atom. The number of ether oxygens (including phenoxy) is 3. The van der Waals surface area contributed by atoms with E-state index in [1.165, 1.54) is 19.1 Å². The van der Waals surface area contributed by atoms with E-state index in [-0.39, 0.29) is 34.0 Å². The minimum absolute atomic E-state index is 0.0117. The molecule has 1 heterocycles. The summed E-state index contributed by atoms with van der Waals surface area (Å²) in [6, 6.07) is 10.7. The van der Waals surface area contributed by atoms with Crippen LogP contribution in [-0.4, -0.2) is 49.0 Å². The number of amides is 3. The molecule has 0 aliphatic heterocycles. The second-order valence-electron chi connectivity index (χ2n) is 9.25. The molecule has 11 nitrogen and oxygen atoms in total. The zero-order valence-corrected chi connectivity index (χ0v) is 23.5. The molecule has 40 heavy (non-hydrogen) atoms. The average molecular weight is 568 g/mol. The van der Waals surface area contributed by atoms with Gasteiger partial charge in [-0.3, -0.25) is 19.3 Å². The first kappa shape index (κ1) is 28.7. The Hall–Kier alpha value is -4.32. The highest BCUT2D eigenvalue weighted by Gasteiger charge is 2.38. The smallest absolute Gasteiger partial charge is 0.273 e. The third-order valence-corrected chi connectivity index (χ3v) is 7.59. The molecule has 1 aliphatic rings. The van der Waals surface area contributed by atoms with Crippen LogP contribution in [0.2, 0.25) is 0 Å². The summed E-state index contributed by atoms with van der Waals surface area (Å²) < 4.78 is 20.6. The van der Waals surface area contributed by atoms with E-state index in [1.807, 2.05) is 6.92 Å². The maximum absolute atomic E-state index is 14.3. The van der Waals surface area contributed by atoms with Gasteiger partial charge in [0.2, 0.25) is 5.91 Å². The predicted molar refractivity (Wildman–Crippen MR) is 152 cm³/mol. The monoisotopic (exact) mass is 567 g/mol. The van der Waals surface area contributed by atoms with Crippen LogP contribution in [0, 0.1) is 0 Å². The average Bonchev–Trinajstić information content (AvgIpc) is 3.61. The fourth-order valence-corrected chi connectivity index (χ4v) is 5.51. The van der Waals surface area contributed by atoms with Gasteiger partial charge in [0.25, 0.3) is 11.8 Å². The van der Waals surface area contributed by atoms with Crippen LogP contribution in [0.15, 0.2) is 42.5 Å². The minimum Gasteiger partial charge on any atom is -0.497 e. The fraction of sp³-hybridized carbons (Fsp3) is 0.357. The molecule has 4 rings (SSSR count). The van der Waals surface area contributed by atoms with Crippen LogP contribution in [0.25, 0.3) is 0 Å². The lowest BCUT2D eigenvalue weighted by Crippen LogP contribution is -2.46. The molecule has 5 N–H and O–H groups in total. The number of nitrogens with one attached hydrogen (secondary N) is 1. The summed E-state index contributed by atoms with van der Waals surface area (Å²) in [5.41, 5.74) is 12.0. The number of nitrogens with two attached hydrogens (primary N) is 2. The quantitative estimate of drug-likeness (QED) is 0.316. The van der Waals surface area contributed by atoms with E-state index in [0.717, 1.165) is 37.2 Å². The van der Waals surface area contributed by atoms with Crippen molar-refractivity contribution in [2.45, 2.75) is 44.7 Å². The number of hydrogen-bond acceptors (Lipinski definition) is 9. The molecule has 1 atom stereocenters. The predicted octanol–water partition coefficient (Wildman–Crippen LogP) is 3.69. The van der Waals surface area contributed by atoms with Crippen molar-refractivity contribution in [3.63, 3.8) is 0 Å². The van der Waals surface area contributed by atoms with Crippen LogP contribution in [0.3, 0.4) is 0 Å². The van der Waals surface area contributed by atoms with Crippen molar-refractivity contribution in [1.29, 1.82) is 0 Å². The number of nitrogen functional groups attached to an aromatic ring is 1. The molecule has 0 radical (unpaired) electrons. The van der Waals surface area contributed by atoms with Crippen molar-refractivity contribution < 1.29 is 28.6 Å². The largest absolute Gasteiger partial charge is 0.497 e. The number of anilines is 2. The Balaban J connectivity index is 1.90. The van der Waals surface area contributed by atoms with E-state index in [2.05, 4.69) is 9.69 Å². The Morgan fingerprint density at radius 1 is 1.07 bits per heavy atom. The second kappa shape index (κ2) is 12.7. The van der Waals surface area contributed by atoms with E-state index >= 15 is 0 Å². The third kappa shape index (κ3) is 5.96. The molecule has 2 aromatic carbocycles. The van der Waals surface area contributed by atoms with Crippen molar-refractivity contribution in [2.75, 3.05) is 31.5 Å². The minimum atomic E-state index is -1.13. The number of primary amides is 1.